The summed E-state index contributed by atoms with van der Waals surface area (Å²) in [5, 5.41) is 18.3. The van der Waals surface area contributed by atoms with Crippen molar-refractivity contribution < 1.29 is 49.3 Å². The van der Waals surface area contributed by atoms with E-state index in [1.165, 1.54) is 7.11 Å². The number of carbonyl (C=O) groups is 1. The summed E-state index contributed by atoms with van der Waals surface area (Å²) in [5.74, 6) is -1.45. The Morgan fingerprint density at radius 1 is 1.80 bits per heavy atom. The minimum absolute atomic E-state index is 0. The maximum atomic E-state index is 9.79. The van der Waals surface area contributed by atoms with E-state index in [-0.39, 0.29) is 42.6 Å². The molecule has 4 nitrogen and oxygen atoms in total. The van der Waals surface area contributed by atoms with E-state index in [2.05, 4.69) is 4.74 Å². The third-order valence-corrected chi connectivity index (χ3v) is 0.867. The quantitative estimate of drug-likeness (QED) is 0.414. The fourth-order valence-corrected chi connectivity index (χ4v) is 0.347. The van der Waals surface area contributed by atoms with E-state index in [1.54, 1.807) is 0 Å². The third kappa shape index (κ3) is 6.51. The standard InChI is InChI=1S/C5H10O4.Na/c1-9-3-2-4(6)5(7)8;/h4,6H,2-3H2,1H3,(H,7,8);/q;+1/p-1. The number of carboxylic acids is 1. The molecule has 1 N–H and O–H groups in total. The molecule has 0 bridgehead atoms. The number of methoxy groups -OCH3 is 1. The van der Waals surface area contributed by atoms with E-state index in [4.69, 9.17) is 5.11 Å². The summed E-state index contributed by atoms with van der Waals surface area (Å²) in [6, 6.07) is 0. The second-order valence-electron chi connectivity index (χ2n) is 1.62. The van der Waals surface area contributed by atoms with Gasteiger partial charge in [-0.3, -0.25) is 0 Å². The Balaban J connectivity index is 0. The summed E-state index contributed by atoms with van der Waals surface area (Å²) < 4.78 is 4.51. The van der Waals surface area contributed by atoms with Gasteiger partial charge in [-0.2, -0.15) is 0 Å². The van der Waals surface area contributed by atoms with Crippen molar-refractivity contribution >= 4 is 5.97 Å². The summed E-state index contributed by atoms with van der Waals surface area (Å²) in [6.45, 7) is 0.231. The molecular formula is C5H9NaO4. The minimum atomic E-state index is -1.45. The van der Waals surface area contributed by atoms with Gasteiger partial charge in [0.2, 0.25) is 0 Å². The molecule has 0 aliphatic rings. The molecular weight excluding hydrogens is 147 g/mol. The average Bonchev–Trinajstić information content (AvgIpc) is 1.82. The van der Waals surface area contributed by atoms with Crippen LogP contribution in [0.1, 0.15) is 6.42 Å². The molecule has 0 aliphatic heterocycles. The number of carbonyl (C=O) groups excluding carboxylic acids is 1. The summed E-state index contributed by atoms with van der Waals surface area (Å²) in [4.78, 5) is 9.79. The molecule has 0 amide bonds. The first-order chi connectivity index (χ1) is 4.18. The Morgan fingerprint density at radius 2 is 2.30 bits per heavy atom. The molecule has 0 saturated heterocycles. The van der Waals surface area contributed by atoms with Crippen molar-refractivity contribution in [2.45, 2.75) is 12.5 Å². The van der Waals surface area contributed by atoms with Crippen molar-refractivity contribution in [1.29, 1.82) is 0 Å². The van der Waals surface area contributed by atoms with E-state index < -0.39 is 12.1 Å². The normalized spacial score (nSPS) is 11.8. The first kappa shape index (κ1) is 13.0. The monoisotopic (exact) mass is 156 g/mol. The van der Waals surface area contributed by atoms with Crippen LogP contribution in [0.5, 0.6) is 0 Å². The van der Waals surface area contributed by atoms with Crippen LogP contribution >= 0.6 is 0 Å². The van der Waals surface area contributed by atoms with Crippen molar-refractivity contribution in [3.63, 3.8) is 0 Å². The molecule has 0 heterocycles. The van der Waals surface area contributed by atoms with Crippen molar-refractivity contribution in [2.24, 2.45) is 0 Å². The Labute approximate surface area is 81.5 Å². The number of aliphatic hydroxyl groups is 1. The van der Waals surface area contributed by atoms with Gasteiger partial charge < -0.3 is 19.7 Å². The second-order valence-corrected chi connectivity index (χ2v) is 1.62. The zero-order valence-electron chi connectivity index (χ0n) is 6.16. The number of aliphatic carboxylic acids is 1. The molecule has 0 spiro atoms. The number of aliphatic hydroxyl groups excluding tert-OH is 1. The number of hydrogen-bond donors (Lipinski definition) is 1. The molecule has 54 valence electrons. The SMILES string of the molecule is COCCC(O)C(=O)[O-].[Na+]. The van der Waals surface area contributed by atoms with Crippen LogP contribution in [0.4, 0.5) is 0 Å². The predicted octanol–water partition coefficient (Wildman–Crippen LogP) is -4.86. The van der Waals surface area contributed by atoms with Crippen LogP contribution in [0.25, 0.3) is 0 Å². The van der Waals surface area contributed by atoms with Gasteiger partial charge in [-0.05, 0) is 0 Å². The van der Waals surface area contributed by atoms with Gasteiger partial charge in [0, 0.05) is 20.1 Å². The zero-order chi connectivity index (χ0) is 7.28. The van der Waals surface area contributed by atoms with Crippen LogP contribution in [0.3, 0.4) is 0 Å². The maximum absolute atomic E-state index is 9.79. The van der Waals surface area contributed by atoms with Crippen LogP contribution in [-0.2, 0) is 9.53 Å². The van der Waals surface area contributed by atoms with Crippen molar-refractivity contribution in [1.82, 2.24) is 0 Å². The van der Waals surface area contributed by atoms with Gasteiger partial charge in [-0.15, -0.1) is 0 Å². The molecule has 10 heavy (non-hydrogen) atoms. The van der Waals surface area contributed by atoms with Crippen molar-refractivity contribution in [3.05, 3.63) is 0 Å². The molecule has 5 heteroatoms. The minimum Gasteiger partial charge on any atom is -0.547 e. The van der Waals surface area contributed by atoms with Crippen molar-refractivity contribution in [2.75, 3.05) is 13.7 Å². The molecule has 0 aromatic heterocycles. The Morgan fingerprint density at radius 3 is 2.60 bits per heavy atom. The second kappa shape index (κ2) is 7.50. The van der Waals surface area contributed by atoms with Gasteiger partial charge >= 0.3 is 29.6 Å². The van der Waals surface area contributed by atoms with Gasteiger partial charge in [0.25, 0.3) is 0 Å². The maximum Gasteiger partial charge on any atom is 1.00 e. The van der Waals surface area contributed by atoms with E-state index in [0.717, 1.165) is 0 Å². The van der Waals surface area contributed by atoms with Crippen molar-refractivity contribution in [3.8, 4) is 0 Å². The number of ether oxygens (including phenoxy) is 1. The molecule has 0 radical (unpaired) electrons. The zero-order valence-corrected chi connectivity index (χ0v) is 8.16. The molecule has 0 aromatic carbocycles. The third-order valence-electron chi connectivity index (χ3n) is 0.867. The van der Waals surface area contributed by atoms with E-state index >= 15 is 0 Å². The van der Waals surface area contributed by atoms with Gasteiger partial charge in [-0.1, -0.05) is 0 Å². The smallest absolute Gasteiger partial charge is 0.547 e. The first-order valence-electron chi connectivity index (χ1n) is 2.56. The summed E-state index contributed by atoms with van der Waals surface area (Å²) >= 11 is 0. The number of carboxylic acid groups (broad SMARTS) is 1. The first-order valence-corrected chi connectivity index (χ1v) is 2.56. The van der Waals surface area contributed by atoms with E-state index in [0.29, 0.717) is 0 Å². The summed E-state index contributed by atoms with van der Waals surface area (Å²) in [5.41, 5.74) is 0. The van der Waals surface area contributed by atoms with Crippen LogP contribution in [0.2, 0.25) is 0 Å². The Hall–Kier alpha value is 0.390. The summed E-state index contributed by atoms with van der Waals surface area (Å²) in [7, 11) is 1.43. The summed E-state index contributed by atoms with van der Waals surface area (Å²) in [6.07, 6.45) is -1.32. The van der Waals surface area contributed by atoms with E-state index in [1.807, 2.05) is 0 Å². The predicted molar refractivity (Wildman–Crippen MR) is 27.5 cm³/mol. The molecule has 1 atom stereocenters. The van der Waals surface area contributed by atoms with Gasteiger partial charge in [0.15, 0.2) is 0 Å². The Kier molecular flexibility index (Phi) is 9.76. The fourth-order valence-electron chi connectivity index (χ4n) is 0.347. The number of hydrogen-bond acceptors (Lipinski definition) is 4. The fraction of sp³-hybridized carbons (Fsp3) is 0.800. The molecule has 0 aliphatic carbocycles. The van der Waals surface area contributed by atoms with Gasteiger partial charge in [-0.25, -0.2) is 0 Å². The Bertz CT molecular complexity index is 95.6. The largest absolute Gasteiger partial charge is 1.00 e. The molecule has 0 fully saturated rings. The van der Waals surface area contributed by atoms with Crippen LogP contribution in [-0.4, -0.2) is 30.9 Å². The van der Waals surface area contributed by atoms with E-state index in [9.17, 15) is 9.90 Å². The average molecular weight is 156 g/mol. The molecule has 0 aromatic rings. The van der Waals surface area contributed by atoms with Gasteiger partial charge in [0.05, 0.1) is 12.1 Å². The topological polar surface area (TPSA) is 69.6 Å². The number of rotatable bonds is 4. The molecule has 0 rings (SSSR count). The van der Waals surface area contributed by atoms with Crippen LogP contribution in [0.15, 0.2) is 0 Å². The van der Waals surface area contributed by atoms with Gasteiger partial charge in [0.1, 0.15) is 0 Å². The molecule has 1 unspecified atom stereocenters. The van der Waals surface area contributed by atoms with Crippen LogP contribution < -0.4 is 34.7 Å². The van der Waals surface area contributed by atoms with Crippen LogP contribution in [0, 0.1) is 0 Å². The molecule has 0 saturated carbocycles.